The molecule has 2 aromatic heterocycles. The van der Waals surface area contributed by atoms with Crippen molar-refractivity contribution in [1.82, 2.24) is 9.55 Å². The minimum absolute atomic E-state index is 0.0707. The summed E-state index contributed by atoms with van der Waals surface area (Å²) in [6.45, 7) is 1.95. The topological polar surface area (TPSA) is 92.0 Å². The molecule has 0 unspecified atom stereocenters. The van der Waals surface area contributed by atoms with E-state index in [4.69, 9.17) is 14.8 Å². The van der Waals surface area contributed by atoms with Gasteiger partial charge in [0, 0.05) is 18.0 Å². The molecule has 6 heteroatoms. The van der Waals surface area contributed by atoms with E-state index in [1.54, 1.807) is 23.8 Å². The quantitative estimate of drug-likeness (QED) is 0.861. The molecule has 0 fully saturated rings. The lowest BCUT2D eigenvalue weighted by atomic mass is 10.2. The molecule has 0 aromatic carbocycles. The van der Waals surface area contributed by atoms with E-state index in [0.29, 0.717) is 11.3 Å². The van der Waals surface area contributed by atoms with Gasteiger partial charge in [0.05, 0.1) is 6.54 Å². The first-order valence-corrected chi connectivity index (χ1v) is 4.85. The second kappa shape index (κ2) is 4.14. The molecule has 6 nitrogen and oxygen atoms in total. The highest BCUT2D eigenvalue weighted by Gasteiger charge is 2.15. The van der Waals surface area contributed by atoms with Crippen LogP contribution in [0.3, 0.4) is 0 Å². The van der Waals surface area contributed by atoms with Crippen LogP contribution < -0.4 is 0 Å². The molecule has 0 aliphatic heterocycles. The Kier molecular flexibility index (Phi) is 2.66. The fraction of sp³-hybridized carbons (Fsp3) is 0.182. The van der Waals surface area contributed by atoms with Crippen molar-refractivity contribution in [2.45, 2.75) is 13.5 Å². The van der Waals surface area contributed by atoms with E-state index < -0.39 is 5.97 Å². The van der Waals surface area contributed by atoms with Crippen LogP contribution in [-0.2, 0) is 6.54 Å². The number of imidazole rings is 1. The molecule has 0 atom stereocenters. The summed E-state index contributed by atoms with van der Waals surface area (Å²) in [5, 5.41) is 17.6. The largest absolute Gasteiger partial charge is 0.475 e. The fourth-order valence-electron chi connectivity index (χ4n) is 1.56. The first-order valence-electron chi connectivity index (χ1n) is 4.85. The van der Waals surface area contributed by atoms with Gasteiger partial charge in [0.25, 0.3) is 0 Å². The Morgan fingerprint density at radius 3 is 3.06 bits per heavy atom. The van der Waals surface area contributed by atoms with E-state index in [0.717, 1.165) is 0 Å². The summed E-state index contributed by atoms with van der Waals surface area (Å²) in [5.41, 5.74) is 0.561. The molecule has 1 N–H and O–H groups in total. The number of aromatic carboxylic acids is 1. The van der Waals surface area contributed by atoms with Crippen molar-refractivity contribution >= 4 is 5.97 Å². The van der Waals surface area contributed by atoms with Gasteiger partial charge in [0.2, 0.25) is 11.6 Å². The van der Waals surface area contributed by atoms with Gasteiger partial charge in [-0.05, 0) is 13.0 Å². The van der Waals surface area contributed by atoms with Crippen LogP contribution in [0.15, 0.2) is 22.9 Å². The first-order chi connectivity index (χ1) is 8.11. The Hall–Kier alpha value is -2.55. The summed E-state index contributed by atoms with van der Waals surface area (Å²) >= 11 is 0. The SMILES string of the molecule is Cc1cc(Cn2ccnc2C#N)oc1C(=O)O. The zero-order valence-corrected chi connectivity index (χ0v) is 9.04. The molecule has 2 aromatic rings. The van der Waals surface area contributed by atoms with E-state index >= 15 is 0 Å². The van der Waals surface area contributed by atoms with Gasteiger partial charge in [0.1, 0.15) is 11.8 Å². The lowest BCUT2D eigenvalue weighted by Crippen LogP contribution is -2.00. The van der Waals surface area contributed by atoms with E-state index in [-0.39, 0.29) is 18.1 Å². The van der Waals surface area contributed by atoms with E-state index in [1.165, 1.54) is 6.20 Å². The third-order valence-corrected chi connectivity index (χ3v) is 2.30. The van der Waals surface area contributed by atoms with Crippen molar-refractivity contribution in [2.24, 2.45) is 0 Å². The Labute approximate surface area is 96.7 Å². The lowest BCUT2D eigenvalue weighted by Gasteiger charge is -1.99. The molecule has 0 aliphatic carbocycles. The zero-order chi connectivity index (χ0) is 12.4. The van der Waals surface area contributed by atoms with Crippen molar-refractivity contribution in [3.63, 3.8) is 0 Å². The van der Waals surface area contributed by atoms with Crippen LogP contribution in [0.1, 0.15) is 27.7 Å². The van der Waals surface area contributed by atoms with Gasteiger partial charge in [-0.15, -0.1) is 0 Å². The molecular weight excluding hydrogens is 222 g/mol. The normalized spacial score (nSPS) is 10.1. The molecule has 0 saturated heterocycles. The number of carbonyl (C=O) groups is 1. The van der Waals surface area contributed by atoms with Crippen LogP contribution in [0.25, 0.3) is 0 Å². The molecular formula is C11H9N3O3. The van der Waals surface area contributed by atoms with Crippen molar-refractivity contribution < 1.29 is 14.3 Å². The maximum absolute atomic E-state index is 10.8. The summed E-state index contributed by atoms with van der Waals surface area (Å²) < 4.78 is 6.78. The van der Waals surface area contributed by atoms with Gasteiger partial charge in [-0.3, -0.25) is 0 Å². The third kappa shape index (κ3) is 2.03. The number of carboxylic acids is 1. The van der Waals surface area contributed by atoms with Crippen molar-refractivity contribution in [3.8, 4) is 6.07 Å². The number of aryl methyl sites for hydroxylation is 1. The second-order valence-electron chi connectivity index (χ2n) is 3.52. The summed E-state index contributed by atoms with van der Waals surface area (Å²) in [7, 11) is 0. The molecule has 0 saturated carbocycles. The Balaban J connectivity index is 2.29. The van der Waals surface area contributed by atoms with Crippen molar-refractivity contribution in [1.29, 1.82) is 5.26 Å². The average Bonchev–Trinajstić information content (AvgIpc) is 2.85. The first kappa shape index (κ1) is 11.0. The highest BCUT2D eigenvalue weighted by molar-refractivity contribution is 5.86. The monoisotopic (exact) mass is 231 g/mol. The summed E-state index contributed by atoms with van der Waals surface area (Å²) in [5.74, 6) is -0.427. The van der Waals surface area contributed by atoms with Gasteiger partial charge in [-0.25, -0.2) is 9.78 Å². The maximum Gasteiger partial charge on any atom is 0.372 e. The molecule has 2 rings (SSSR count). The highest BCUT2D eigenvalue weighted by Crippen LogP contribution is 2.16. The van der Waals surface area contributed by atoms with Gasteiger partial charge in [-0.2, -0.15) is 5.26 Å². The number of nitrogens with zero attached hydrogens (tertiary/aromatic N) is 3. The second-order valence-corrected chi connectivity index (χ2v) is 3.52. The predicted molar refractivity (Wildman–Crippen MR) is 56.4 cm³/mol. The Morgan fingerprint density at radius 1 is 1.71 bits per heavy atom. The van der Waals surface area contributed by atoms with Gasteiger partial charge in [0.15, 0.2) is 0 Å². The van der Waals surface area contributed by atoms with Crippen LogP contribution in [0.5, 0.6) is 0 Å². The van der Waals surface area contributed by atoms with Gasteiger partial charge >= 0.3 is 5.97 Å². The van der Waals surface area contributed by atoms with Gasteiger partial charge in [-0.1, -0.05) is 0 Å². The minimum Gasteiger partial charge on any atom is -0.475 e. The van der Waals surface area contributed by atoms with E-state index in [1.807, 2.05) is 6.07 Å². The highest BCUT2D eigenvalue weighted by atomic mass is 16.4. The van der Waals surface area contributed by atoms with Crippen LogP contribution in [0.2, 0.25) is 0 Å². The minimum atomic E-state index is -1.10. The molecule has 2 heterocycles. The number of nitriles is 1. The molecule has 0 amide bonds. The number of hydrogen-bond acceptors (Lipinski definition) is 4. The molecule has 17 heavy (non-hydrogen) atoms. The average molecular weight is 231 g/mol. The third-order valence-electron chi connectivity index (χ3n) is 2.30. The van der Waals surface area contributed by atoms with Crippen LogP contribution >= 0.6 is 0 Å². The molecule has 86 valence electrons. The number of furan rings is 1. The molecule has 0 radical (unpaired) electrons. The van der Waals surface area contributed by atoms with Gasteiger partial charge < -0.3 is 14.1 Å². The number of rotatable bonds is 3. The summed E-state index contributed by atoms with van der Waals surface area (Å²) in [4.78, 5) is 14.6. The predicted octanol–water partition coefficient (Wildman–Crippen LogP) is 1.40. The number of hydrogen-bond donors (Lipinski definition) is 1. The standard InChI is InChI=1S/C11H9N3O3/c1-7-4-8(17-10(7)11(15)16)6-14-3-2-13-9(14)5-12/h2-4H,6H2,1H3,(H,15,16). The molecule has 0 aliphatic rings. The zero-order valence-electron chi connectivity index (χ0n) is 9.04. The van der Waals surface area contributed by atoms with E-state index in [2.05, 4.69) is 4.98 Å². The summed E-state index contributed by atoms with van der Waals surface area (Å²) in [6.07, 6.45) is 3.14. The number of carboxylic acid groups (broad SMARTS) is 1. The van der Waals surface area contributed by atoms with Crippen LogP contribution in [0, 0.1) is 18.3 Å². The van der Waals surface area contributed by atoms with Crippen molar-refractivity contribution in [3.05, 3.63) is 41.4 Å². The Bertz CT molecular complexity index is 604. The smallest absolute Gasteiger partial charge is 0.372 e. The van der Waals surface area contributed by atoms with Crippen LogP contribution in [0.4, 0.5) is 0 Å². The lowest BCUT2D eigenvalue weighted by molar-refractivity contribution is 0.0659. The van der Waals surface area contributed by atoms with Crippen molar-refractivity contribution in [2.75, 3.05) is 0 Å². The van der Waals surface area contributed by atoms with E-state index in [9.17, 15) is 4.79 Å². The van der Waals surface area contributed by atoms with Crippen LogP contribution in [-0.4, -0.2) is 20.6 Å². The summed E-state index contributed by atoms with van der Waals surface area (Å²) in [6, 6.07) is 3.58. The number of aromatic nitrogens is 2. The molecule has 0 bridgehead atoms. The Morgan fingerprint density at radius 2 is 2.47 bits per heavy atom. The fourth-order valence-corrected chi connectivity index (χ4v) is 1.56. The maximum atomic E-state index is 10.8. The molecule has 0 spiro atoms.